The van der Waals surface area contributed by atoms with Crippen molar-refractivity contribution in [2.24, 2.45) is 0 Å². The molecule has 0 atom stereocenters. The highest BCUT2D eigenvalue weighted by atomic mass is 79.9. The molecule has 0 aromatic heterocycles. The van der Waals surface area contributed by atoms with Crippen LogP contribution in [0, 0.1) is 0 Å². The van der Waals surface area contributed by atoms with Crippen LogP contribution in [0.25, 0.3) is 0 Å². The molecule has 1 aromatic carbocycles. The molecule has 0 aliphatic carbocycles. The molecular weight excluding hydrogens is 306 g/mol. The molecule has 4 heteroatoms. The molecule has 1 N–H and O–H groups in total. The smallest absolute Gasteiger partial charge is 0.251 e. The quantitative estimate of drug-likeness (QED) is 0.774. The van der Waals surface area contributed by atoms with Crippen LogP contribution in [0.5, 0.6) is 5.75 Å². The van der Waals surface area contributed by atoms with Gasteiger partial charge in [-0.05, 0) is 44.0 Å². The highest BCUT2D eigenvalue weighted by Crippen LogP contribution is 2.19. The summed E-state index contributed by atoms with van der Waals surface area (Å²) < 4.78 is 5.37. The molecule has 0 unspecified atom stereocenters. The fourth-order valence-corrected chi connectivity index (χ4v) is 2.76. The van der Waals surface area contributed by atoms with E-state index >= 15 is 0 Å². The number of rotatable bonds is 7. The second-order valence-corrected chi connectivity index (χ2v) is 5.09. The average Bonchev–Trinajstić information content (AvgIpc) is 2.46. The first kappa shape index (κ1) is 16.0. The number of halogens is 1. The molecule has 0 bridgehead atoms. The largest absolute Gasteiger partial charge is 0.494 e. The minimum atomic E-state index is -0.171. The van der Waals surface area contributed by atoms with Crippen LogP contribution in [0.3, 0.4) is 0 Å². The Morgan fingerprint density at radius 2 is 1.79 bits per heavy atom. The first-order valence-corrected chi connectivity index (χ1v) is 7.84. The molecule has 1 rings (SSSR count). The summed E-state index contributed by atoms with van der Waals surface area (Å²) in [6.07, 6.45) is 1.80. The normalized spacial score (nSPS) is 11.2. The van der Waals surface area contributed by atoms with Crippen LogP contribution in [-0.2, 0) is 0 Å². The highest BCUT2D eigenvalue weighted by molar-refractivity contribution is 9.09. The van der Waals surface area contributed by atoms with E-state index in [1.54, 1.807) is 12.1 Å². The number of hydrogen-bond acceptors (Lipinski definition) is 2. The van der Waals surface area contributed by atoms with E-state index in [1.165, 1.54) is 0 Å². The van der Waals surface area contributed by atoms with Gasteiger partial charge in [0, 0.05) is 16.4 Å². The van der Waals surface area contributed by atoms with Crippen molar-refractivity contribution in [1.82, 2.24) is 5.32 Å². The van der Waals surface area contributed by atoms with Gasteiger partial charge in [-0.3, -0.25) is 4.79 Å². The molecule has 0 saturated carbocycles. The van der Waals surface area contributed by atoms with Crippen molar-refractivity contribution in [3.63, 3.8) is 0 Å². The molecule has 1 aromatic rings. The van der Waals surface area contributed by atoms with Crippen LogP contribution >= 0.6 is 15.9 Å². The second-order valence-electron chi connectivity index (χ2n) is 4.53. The van der Waals surface area contributed by atoms with Crippen LogP contribution in [-0.4, -0.2) is 23.4 Å². The number of carbonyl (C=O) groups is 1. The SMILES string of the molecule is CCOc1ccc(C(=O)NC(CC)(CC)CBr)cc1. The van der Waals surface area contributed by atoms with Gasteiger partial charge in [0.05, 0.1) is 6.61 Å². The fourth-order valence-electron chi connectivity index (χ4n) is 1.83. The Labute approximate surface area is 123 Å². The van der Waals surface area contributed by atoms with Crippen LogP contribution in [0.4, 0.5) is 0 Å². The number of benzene rings is 1. The van der Waals surface area contributed by atoms with Crippen LogP contribution in [0.2, 0.25) is 0 Å². The minimum Gasteiger partial charge on any atom is -0.494 e. The van der Waals surface area contributed by atoms with Gasteiger partial charge < -0.3 is 10.1 Å². The number of carbonyl (C=O) groups excluding carboxylic acids is 1. The summed E-state index contributed by atoms with van der Waals surface area (Å²) in [6.45, 7) is 6.74. The van der Waals surface area contributed by atoms with E-state index in [2.05, 4.69) is 35.1 Å². The third-order valence-electron chi connectivity index (χ3n) is 3.42. The molecule has 19 heavy (non-hydrogen) atoms. The Kier molecular flexibility index (Phi) is 6.35. The number of hydrogen-bond donors (Lipinski definition) is 1. The van der Waals surface area contributed by atoms with E-state index in [0.717, 1.165) is 23.9 Å². The van der Waals surface area contributed by atoms with Gasteiger partial charge in [-0.15, -0.1) is 0 Å². The van der Waals surface area contributed by atoms with E-state index in [9.17, 15) is 4.79 Å². The Bertz CT molecular complexity index is 391. The maximum absolute atomic E-state index is 12.2. The van der Waals surface area contributed by atoms with Gasteiger partial charge in [-0.1, -0.05) is 29.8 Å². The summed E-state index contributed by atoms with van der Waals surface area (Å²) in [5, 5.41) is 3.88. The number of nitrogens with one attached hydrogen (secondary N) is 1. The van der Waals surface area contributed by atoms with E-state index in [0.29, 0.717) is 12.2 Å². The Morgan fingerprint density at radius 3 is 2.21 bits per heavy atom. The molecule has 0 radical (unpaired) electrons. The predicted molar refractivity (Wildman–Crippen MR) is 82.2 cm³/mol. The lowest BCUT2D eigenvalue weighted by molar-refractivity contribution is 0.0903. The zero-order valence-corrected chi connectivity index (χ0v) is 13.4. The highest BCUT2D eigenvalue weighted by Gasteiger charge is 2.27. The van der Waals surface area contributed by atoms with Gasteiger partial charge in [-0.2, -0.15) is 0 Å². The van der Waals surface area contributed by atoms with Crippen molar-refractivity contribution in [3.8, 4) is 5.75 Å². The van der Waals surface area contributed by atoms with Crippen LogP contribution in [0.1, 0.15) is 44.0 Å². The van der Waals surface area contributed by atoms with Crippen LogP contribution < -0.4 is 10.1 Å². The molecule has 0 heterocycles. The van der Waals surface area contributed by atoms with Gasteiger partial charge in [0.25, 0.3) is 5.91 Å². The molecule has 0 fully saturated rings. The van der Waals surface area contributed by atoms with Gasteiger partial charge in [-0.25, -0.2) is 0 Å². The van der Waals surface area contributed by atoms with E-state index in [1.807, 2.05) is 19.1 Å². The van der Waals surface area contributed by atoms with Gasteiger partial charge in [0.1, 0.15) is 5.75 Å². The standard InChI is InChI=1S/C15H22BrNO2/c1-4-15(5-2,11-16)17-14(18)12-7-9-13(10-8-12)19-6-3/h7-10H,4-6,11H2,1-3H3,(H,17,18). The molecule has 106 valence electrons. The fraction of sp³-hybridized carbons (Fsp3) is 0.533. The first-order valence-electron chi connectivity index (χ1n) is 6.72. The Hall–Kier alpha value is -1.03. The molecular formula is C15H22BrNO2. The lowest BCUT2D eigenvalue weighted by Gasteiger charge is -2.30. The average molecular weight is 328 g/mol. The Balaban J connectivity index is 2.77. The predicted octanol–water partition coefficient (Wildman–Crippen LogP) is 3.77. The number of alkyl halides is 1. The summed E-state index contributed by atoms with van der Waals surface area (Å²) in [4.78, 5) is 12.2. The van der Waals surface area contributed by atoms with Crippen molar-refractivity contribution >= 4 is 21.8 Å². The maximum Gasteiger partial charge on any atom is 0.251 e. The number of ether oxygens (including phenoxy) is 1. The summed E-state index contributed by atoms with van der Waals surface area (Å²) in [6, 6.07) is 7.24. The lowest BCUT2D eigenvalue weighted by atomic mass is 9.95. The van der Waals surface area contributed by atoms with Crippen molar-refractivity contribution < 1.29 is 9.53 Å². The molecule has 1 amide bonds. The van der Waals surface area contributed by atoms with E-state index in [4.69, 9.17) is 4.74 Å². The second kappa shape index (κ2) is 7.53. The summed E-state index contributed by atoms with van der Waals surface area (Å²) in [7, 11) is 0. The minimum absolute atomic E-state index is 0.0359. The number of amides is 1. The zero-order valence-electron chi connectivity index (χ0n) is 11.8. The summed E-state index contributed by atoms with van der Waals surface area (Å²) in [5.74, 6) is 0.753. The monoisotopic (exact) mass is 327 g/mol. The van der Waals surface area contributed by atoms with Crippen LogP contribution in [0.15, 0.2) is 24.3 Å². The van der Waals surface area contributed by atoms with Crippen molar-refractivity contribution in [1.29, 1.82) is 0 Å². The summed E-state index contributed by atoms with van der Waals surface area (Å²) >= 11 is 3.49. The summed E-state index contributed by atoms with van der Waals surface area (Å²) in [5.41, 5.74) is 0.492. The molecule has 0 aliphatic rings. The van der Waals surface area contributed by atoms with Crippen molar-refractivity contribution in [2.75, 3.05) is 11.9 Å². The Morgan fingerprint density at radius 1 is 1.21 bits per heavy atom. The van der Waals surface area contributed by atoms with Gasteiger partial charge in [0.15, 0.2) is 0 Å². The van der Waals surface area contributed by atoms with Crippen molar-refractivity contribution in [3.05, 3.63) is 29.8 Å². The van der Waals surface area contributed by atoms with Crippen molar-refractivity contribution in [2.45, 2.75) is 39.2 Å². The first-order chi connectivity index (χ1) is 9.10. The maximum atomic E-state index is 12.2. The van der Waals surface area contributed by atoms with Gasteiger partial charge in [0.2, 0.25) is 0 Å². The third-order valence-corrected chi connectivity index (χ3v) is 4.49. The molecule has 0 spiro atoms. The van der Waals surface area contributed by atoms with E-state index < -0.39 is 0 Å². The topological polar surface area (TPSA) is 38.3 Å². The van der Waals surface area contributed by atoms with E-state index in [-0.39, 0.29) is 11.4 Å². The molecule has 3 nitrogen and oxygen atoms in total. The lowest BCUT2D eigenvalue weighted by Crippen LogP contribution is -2.49. The third kappa shape index (κ3) is 4.23. The van der Waals surface area contributed by atoms with Gasteiger partial charge >= 0.3 is 0 Å². The molecule has 0 aliphatic heterocycles. The molecule has 0 saturated heterocycles. The zero-order chi connectivity index (χ0) is 14.3.